The molecule has 2 aromatic carbocycles. The van der Waals surface area contributed by atoms with Crippen molar-refractivity contribution < 1.29 is 9.13 Å². The van der Waals surface area contributed by atoms with Crippen molar-refractivity contribution in [1.82, 2.24) is 15.1 Å². The molecule has 0 spiro atoms. The van der Waals surface area contributed by atoms with Gasteiger partial charge in [0.1, 0.15) is 11.9 Å². The zero-order chi connectivity index (χ0) is 20.8. The van der Waals surface area contributed by atoms with Crippen LogP contribution < -0.4 is 5.32 Å². The average molecular weight is 399 g/mol. The van der Waals surface area contributed by atoms with E-state index in [2.05, 4.69) is 65.4 Å². The molecule has 0 saturated carbocycles. The third-order valence-corrected chi connectivity index (χ3v) is 5.06. The Kier molecular flexibility index (Phi) is 7.23. The first-order chi connectivity index (χ1) is 14.0. The first-order valence-electron chi connectivity index (χ1n) is 10.0. The Labute approximate surface area is 173 Å². The summed E-state index contributed by atoms with van der Waals surface area (Å²) in [6.45, 7) is 5.11. The summed E-state index contributed by atoms with van der Waals surface area (Å²) in [5, 5.41) is 3.51. The number of hydrogen-bond acceptors (Lipinski definition) is 3. The van der Waals surface area contributed by atoms with Gasteiger partial charge in [-0.15, -0.1) is 0 Å². The molecule has 5 nitrogen and oxygen atoms in total. The minimum absolute atomic E-state index is 0.0541. The van der Waals surface area contributed by atoms with E-state index in [0.717, 1.165) is 24.6 Å². The van der Waals surface area contributed by atoms with Crippen LogP contribution in [-0.4, -0.2) is 56.1 Å². The molecule has 29 heavy (non-hydrogen) atoms. The molecule has 156 valence electrons. The summed E-state index contributed by atoms with van der Waals surface area (Å²) in [5.74, 6) is 0.621. The molecule has 1 aliphatic rings. The van der Waals surface area contributed by atoms with Crippen LogP contribution in [0, 0.1) is 5.82 Å². The molecule has 1 heterocycles. The second-order valence-electron chi connectivity index (χ2n) is 7.80. The lowest BCUT2D eigenvalue weighted by Gasteiger charge is -2.38. The van der Waals surface area contributed by atoms with Crippen LogP contribution in [0.1, 0.15) is 29.7 Å². The van der Waals surface area contributed by atoms with Crippen LogP contribution in [0.25, 0.3) is 0 Å². The molecule has 1 aliphatic heterocycles. The molecule has 0 radical (unpaired) electrons. The minimum atomic E-state index is -0.233. The molecule has 1 N–H and O–H groups in total. The Bertz CT molecular complexity index is 822. The van der Waals surface area contributed by atoms with E-state index in [9.17, 15) is 4.39 Å². The van der Waals surface area contributed by atoms with Crippen LogP contribution in [0.15, 0.2) is 53.5 Å². The first-order valence-corrected chi connectivity index (χ1v) is 10.0. The Hall–Kier alpha value is -2.44. The van der Waals surface area contributed by atoms with Crippen LogP contribution in [0.5, 0.6) is 0 Å². The van der Waals surface area contributed by atoms with Gasteiger partial charge in [0.2, 0.25) is 0 Å². The average Bonchev–Trinajstić information content (AvgIpc) is 2.69. The number of morpholine rings is 1. The Balaban J connectivity index is 1.69. The molecule has 3 rings (SSSR count). The molecule has 0 aromatic heterocycles. The third-order valence-electron chi connectivity index (χ3n) is 5.06. The van der Waals surface area contributed by atoms with Crippen LogP contribution in [-0.2, 0) is 17.8 Å². The summed E-state index contributed by atoms with van der Waals surface area (Å²) >= 11 is 0. The lowest BCUT2D eigenvalue weighted by molar-refractivity contribution is -0.0605. The Morgan fingerprint density at radius 1 is 1.14 bits per heavy atom. The van der Waals surface area contributed by atoms with Crippen LogP contribution in [0.2, 0.25) is 0 Å². The maximum absolute atomic E-state index is 13.3. The number of guanidine groups is 1. The van der Waals surface area contributed by atoms with Gasteiger partial charge in [0, 0.05) is 26.7 Å². The summed E-state index contributed by atoms with van der Waals surface area (Å²) < 4.78 is 19.4. The topological polar surface area (TPSA) is 40.1 Å². The zero-order valence-electron chi connectivity index (χ0n) is 17.7. The van der Waals surface area contributed by atoms with Gasteiger partial charge in [-0.2, -0.15) is 0 Å². The van der Waals surface area contributed by atoms with Crippen molar-refractivity contribution in [2.75, 3.05) is 34.2 Å². The summed E-state index contributed by atoms with van der Waals surface area (Å²) in [7, 11) is 5.96. The summed E-state index contributed by atoms with van der Waals surface area (Å²) in [4.78, 5) is 8.89. The molecule has 0 bridgehead atoms. The predicted molar refractivity (Wildman–Crippen MR) is 115 cm³/mol. The number of benzene rings is 2. The maximum atomic E-state index is 13.3. The standard InChI is InChI=1S/C23H31FN4O/c1-17-14-28(16-22(29-17)18-9-11-21(24)12-10-18)23(25-2)26-13-19-7-5-6-8-20(19)15-27(3)4/h5-12,17,22H,13-16H2,1-4H3,(H,25,26). The fraction of sp³-hybridized carbons (Fsp3) is 0.435. The van der Waals surface area contributed by atoms with E-state index >= 15 is 0 Å². The highest BCUT2D eigenvalue weighted by molar-refractivity contribution is 5.80. The highest BCUT2D eigenvalue weighted by Crippen LogP contribution is 2.25. The van der Waals surface area contributed by atoms with Crippen molar-refractivity contribution in [3.05, 3.63) is 71.0 Å². The lowest BCUT2D eigenvalue weighted by Crippen LogP contribution is -2.50. The van der Waals surface area contributed by atoms with E-state index in [1.54, 1.807) is 19.2 Å². The highest BCUT2D eigenvalue weighted by atomic mass is 19.1. The van der Waals surface area contributed by atoms with Gasteiger partial charge in [-0.1, -0.05) is 36.4 Å². The number of rotatable bonds is 5. The molecular weight excluding hydrogens is 367 g/mol. The quantitative estimate of drug-likeness (QED) is 0.619. The van der Waals surface area contributed by atoms with Gasteiger partial charge < -0.3 is 19.9 Å². The van der Waals surface area contributed by atoms with E-state index in [1.807, 2.05) is 0 Å². The van der Waals surface area contributed by atoms with Crippen molar-refractivity contribution in [3.8, 4) is 0 Å². The highest BCUT2D eigenvalue weighted by Gasteiger charge is 2.28. The van der Waals surface area contributed by atoms with Crippen molar-refractivity contribution in [2.45, 2.75) is 32.2 Å². The van der Waals surface area contributed by atoms with Crippen molar-refractivity contribution >= 4 is 5.96 Å². The Morgan fingerprint density at radius 2 is 1.83 bits per heavy atom. The van der Waals surface area contributed by atoms with E-state index in [0.29, 0.717) is 13.1 Å². The number of aliphatic imine (C=N–C) groups is 1. The molecule has 1 saturated heterocycles. The molecule has 0 aliphatic carbocycles. The summed E-state index contributed by atoms with van der Waals surface area (Å²) in [6.07, 6.45) is -0.0580. The first kappa shape index (κ1) is 21.3. The number of nitrogens with one attached hydrogen (secondary N) is 1. The molecular formula is C23H31FN4O. The number of halogens is 1. The summed E-state index contributed by atoms with van der Waals surface area (Å²) in [5.41, 5.74) is 3.55. The Morgan fingerprint density at radius 3 is 2.48 bits per heavy atom. The van der Waals surface area contributed by atoms with E-state index in [4.69, 9.17) is 4.74 Å². The molecule has 0 amide bonds. The fourth-order valence-electron chi connectivity index (χ4n) is 3.72. The van der Waals surface area contributed by atoms with Crippen LogP contribution in [0.3, 0.4) is 0 Å². The SMILES string of the molecule is CN=C(NCc1ccccc1CN(C)C)N1CC(C)OC(c2ccc(F)cc2)C1. The largest absolute Gasteiger partial charge is 0.367 e. The molecule has 1 fully saturated rings. The van der Waals surface area contributed by atoms with Gasteiger partial charge in [-0.25, -0.2) is 4.39 Å². The predicted octanol–water partition coefficient (Wildman–Crippen LogP) is 3.42. The van der Waals surface area contributed by atoms with Crippen molar-refractivity contribution in [2.24, 2.45) is 4.99 Å². The normalized spacial score (nSPS) is 20.2. The fourth-order valence-corrected chi connectivity index (χ4v) is 3.72. The van der Waals surface area contributed by atoms with Gasteiger partial charge in [0.15, 0.2) is 5.96 Å². The summed E-state index contributed by atoms with van der Waals surface area (Å²) in [6, 6.07) is 15.0. The minimum Gasteiger partial charge on any atom is -0.367 e. The van der Waals surface area contributed by atoms with Crippen LogP contribution in [0.4, 0.5) is 4.39 Å². The van der Waals surface area contributed by atoms with Gasteiger partial charge in [-0.3, -0.25) is 4.99 Å². The van der Waals surface area contributed by atoms with Gasteiger partial charge in [-0.05, 0) is 49.8 Å². The monoisotopic (exact) mass is 398 g/mol. The number of ether oxygens (including phenoxy) is 1. The molecule has 2 unspecified atom stereocenters. The van der Waals surface area contributed by atoms with Gasteiger partial charge in [0.05, 0.1) is 12.6 Å². The second-order valence-corrected chi connectivity index (χ2v) is 7.80. The van der Waals surface area contributed by atoms with E-state index in [-0.39, 0.29) is 18.0 Å². The van der Waals surface area contributed by atoms with Crippen LogP contribution >= 0.6 is 0 Å². The lowest BCUT2D eigenvalue weighted by atomic mass is 10.1. The molecule has 6 heteroatoms. The number of hydrogen-bond donors (Lipinski definition) is 1. The zero-order valence-corrected chi connectivity index (χ0v) is 17.7. The van der Waals surface area contributed by atoms with Gasteiger partial charge >= 0.3 is 0 Å². The van der Waals surface area contributed by atoms with E-state index in [1.165, 1.54) is 23.3 Å². The number of nitrogens with zero attached hydrogens (tertiary/aromatic N) is 3. The molecule has 2 atom stereocenters. The van der Waals surface area contributed by atoms with Crippen molar-refractivity contribution in [3.63, 3.8) is 0 Å². The molecule has 2 aromatic rings. The maximum Gasteiger partial charge on any atom is 0.194 e. The smallest absolute Gasteiger partial charge is 0.194 e. The third kappa shape index (κ3) is 5.78. The second kappa shape index (κ2) is 9.85. The van der Waals surface area contributed by atoms with E-state index < -0.39 is 0 Å². The van der Waals surface area contributed by atoms with Crippen molar-refractivity contribution in [1.29, 1.82) is 0 Å². The van der Waals surface area contributed by atoms with Gasteiger partial charge in [0.25, 0.3) is 0 Å².